The first-order valence-corrected chi connectivity index (χ1v) is 6.08. The van der Waals surface area contributed by atoms with Crippen LogP contribution in [-0.4, -0.2) is 12.6 Å². The third kappa shape index (κ3) is 3.52. The van der Waals surface area contributed by atoms with Gasteiger partial charge in [0.15, 0.2) is 0 Å². The van der Waals surface area contributed by atoms with Gasteiger partial charge in [0, 0.05) is 5.70 Å². The van der Waals surface area contributed by atoms with E-state index in [-0.39, 0.29) is 5.97 Å². The number of nitrogen functional groups attached to an aromatic ring is 1. The Kier molecular flexibility index (Phi) is 5.24. The molecule has 0 saturated heterocycles. The number of benzene rings is 1. The van der Waals surface area contributed by atoms with E-state index in [1.54, 1.807) is 13.8 Å². The summed E-state index contributed by atoms with van der Waals surface area (Å²) in [5.41, 5.74) is 8.72. The number of esters is 1. The molecule has 0 saturated carbocycles. The molecule has 0 aliphatic carbocycles. The van der Waals surface area contributed by atoms with Crippen molar-refractivity contribution >= 4 is 17.3 Å². The van der Waals surface area contributed by atoms with E-state index in [1.807, 2.05) is 31.2 Å². The van der Waals surface area contributed by atoms with Gasteiger partial charge in [-0.15, -0.1) is 0 Å². The highest BCUT2D eigenvalue weighted by atomic mass is 16.5. The highest BCUT2D eigenvalue weighted by Gasteiger charge is 2.11. The molecule has 0 atom stereocenters. The first-order chi connectivity index (χ1) is 8.60. The maximum Gasteiger partial charge on any atom is 0.335 e. The Morgan fingerprint density at radius 2 is 2.00 bits per heavy atom. The summed E-state index contributed by atoms with van der Waals surface area (Å²) in [7, 11) is 0. The van der Waals surface area contributed by atoms with Crippen molar-refractivity contribution < 1.29 is 9.53 Å². The molecule has 1 aromatic carbocycles. The van der Waals surface area contributed by atoms with Gasteiger partial charge in [-0.05, 0) is 32.4 Å². The minimum absolute atomic E-state index is 0.295. The summed E-state index contributed by atoms with van der Waals surface area (Å²) in [6.45, 7) is 5.90. The van der Waals surface area contributed by atoms with Crippen molar-refractivity contribution in [3.8, 4) is 0 Å². The molecule has 0 unspecified atom stereocenters. The molecule has 18 heavy (non-hydrogen) atoms. The van der Waals surface area contributed by atoms with Crippen molar-refractivity contribution in [1.82, 2.24) is 0 Å². The second-order valence-corrected chi connectivity index (χ2v) is 3.89. The summed E-state index contributed by atoms with van der Waals surface area (Å²) >= 11 is 0. The Hall–Kier alpha value is -1.97. The molecule has 0 aromatic heterocycles. The van der Waals surface area contributed by atoms with E-state index in [0.717, 1.165) is 11.4 Å². The second-order valence-electron chi connectivity index (χ2n) is 3.89. The van der Waals surface area contributed by atoms with Crippen LogP contribution in [0.15, 0.2) is 35.5 Å². The van der Waals surface area contributed by atoms with Gasteiger partial charge < -0.3 is 15.8 Å². The van der Waals surface area contributed by atoms with Gasteiger partial charge in [0.25, 0.3) is 0 Å². The highest BCUT2D eigenvalue weighted by molar-refractivity contribution is 5.89. The van der Waals surface area contributed by atoms with Gasteiger partial charge in [-0.1, -0.05) is 19.1 Å². The Morgan fingerprint density at radius 3 is 2.56 bits per heavy atom. The third-order valence-electron chi connectivity index (χ3n) is 2.63. The fourth-order valence-corrected chi connectivity index (χ4v) is 1.58. The zero-order valence-electron chi connectivity index (χ0n) is 11.1. The standard InChI is InChI=1S/C14H20N2O2/c1-4-12(10(3)14(17)18-5-2)16-13-9-7-6-8-11(13)15/h6-9,16H,4-5,15H2,1-3H3/b12-10-. The minimum atomic E-state index is -0.295. The Morgan fingerprint density at radius 1 is 1.33 bits per heavy atom. The van der Waals surface area contributed by atoms with Gasteiger partial charge in [0.1, 0.15) is 0 Å². The number of ether oxygens (including phenoxy) is 1. The van der Waals surface area contributed by atoms with Crippen LogP contribution >= 0.6 is 0 Å². The van der Waals surface area contributed by atoms with Gasteiger partial charge in [0.05, 0.1) is 23.6 Å². The molecule has 1 rings (SSSR count). The van der Waals surface area contributed by atoms with Crippen LogP contribution in [-0.2, 0) is 9.53 Å². The van der Waals surface area contributed by atoms with Crippen molar-refractivity contribution in [2.75, 3.05) is 17.7 Å². The fraction of sp³-hybridized carbons (Fsp3) is 0.357. The van der Waals surface area contributed by atoms with Gasteiger partial charge in [-0.2, -0.15) is 0 Å². The maximum atomic E-state index is 11.7. The van der Waals surface area contributed by atoms with Gasteiger partial charge >= 0.3 is 5.97 Å². The molecular formula is C14H20N2O2. The molecule has 3 N–H and O–H groups in total. The molecule has 0 heterocycles. The number of carbonyl (C=O) groups excluding carboxylic acids is 1. The van der Waals surface area contributed by atoms with Gasteiger partial charge in [-0.25, -0.2) is 4.79 Å². The Labute approximate surface area is 108 Å². The monoisotopic (exact) mass is 248 g/mol. The van der Waals surface area contributed by atoms with Crippen LogP contribution < -0.4 is 11.1 Å². The Balaban J connectivity index is 2.94. The van der Waals surface area contributed by atoms with E-state index in [2.05, 4.69) is 5.32 Å². The van der Waals surface area contributed by atoms with Crippen LogP contribution in [0.1, 0.15) is 27.2 Å². The normalized spacial score (nSPS) is 11.7. The van der Waals surface area contributed by atoms with Crippen LogP contribution in [0.5, 0.6) is 0 Å². The molecule has 0 amide bonds. The molecule has 4 heteroatoms. The molecule has 0 aliphatic rings. The number of hydrogen-bond donors (Lipinski definition) is 2. The number of carbonyl (C=O) groups is 1. The van der Waals surface area contributed by atoms with E-state index in [0.29, 0.717) is 24.3 Å². The van der Waals surface area contributed by atoms with Crippen LogP contribution in [0, 0.1) is 0 Å². The van der Waals surface area contributed by atoms with E-state index in [4.69, 9.17) is 10.5 Å². The number of anilines is 2. The van der Waals surface area contributed by atoms with E-state index < -0.39 is 0 Å². The summed E-state index contributed by atoms with van der Waals surface area (Å²) < 4.78 is 4.99. The summed E-state index contributed by atoms with van der Waals surface area (Å²) in [4.78, 5) is 11.7. The molecule has 4 nitrogen and oxygen atoms in total. The minimum Gasteiger partial charge on any atom is -0.463 e. The number of nitrogens with two attached hydrogens (primary N) is 1. The van der Waals surface area contributed by atoms with Crippen molar-refractivity contribution in [1.29, 1.82) is 0 Å². The summed E-state index contributed by atoms with van der Waals surface area (Å²) in [5, 5.41) is 3.19. The first kappa shape index (κ1) is 14.1. The fourth-order valence-electron chi connectivity index (χ4n) is 1.58. The second kappa shape index (κ2) is 6.69. The Bertz CT molecular complexity index is 453. The first-order valence-electron chi connectivity index (χ1n) is 6.08. The predicted octanol–water partition coefficient (Wildman–Crippen LogP) is 2.93. The number of para-hydroxylation sites is 2. The van der Waals surface area contributed by atoms with Crippen molar-refractivity contribution in [3.05, 3.63) is 35.5 Å². The van der Waals surface area contributed by atoms with Crippen molar-refractivity contribution in [3.63, 3.8) is 0 Å². The van der Waals surface area contributed by atoms with Crippen LogP contribution in [0.2, 0.25) is 0 Å². The molecule has 1 aromatic rings. The number of allylic oxidation sites excluding steroid dienone is 1. The SMILES string of the molecule is CCOC(=O)/C(C)=C(/CC)Nc1ccccc1N. The molecule has 0 spiro atoms. The zero-order valence-corrected chi connectivity index (χ0v) is 11.1. The smallest absolute Gasteiger partial charge is 0.335 e. The van der Waals surface area contributed by atoms with E-state index in [9.17, 15) is 4.79 Å². The summed E-state index contributed by atoms with van der Waals surface area (Å²) in [6.07, 6.45) is 0.707. The van der Waals surface area contributed by atoms with Crippen LogP contribution in [0.3, 0.4) is 0 Å². The lowest BCUT2D eigenvalue weighted by Gasteiger charge is -2.14. The van der Waals surface area contributed by atoms with E-state index in [1.165, 1.54) is 0 Å². The molecule has 0 radical (unpaired) electrons. The van der Waals surface area contributed by atoms with Gasteiger partial charge in [0.2, 0.25) is 0 Å². The number of hydrogen-bond acceptors (Lipinski definition) is 4. The van der Waals surface area contributed by atoms with Crippen LogP contribution in [0.25, 0.3) is 0 Å². The third-order valence-corrected chi connectivity index (χ3v) is 2.63. The number of nitrogens with one attached hydrogen (secondary N) is 1. The maximum absolute atomic E-state index is 11.7. The lowest BCUT2D eigenvalue weighted by molar-refractivity contribution is -0.138. The topological polar surface area (TPSA) is 64.3 Å². The summed E-state index contributed by atoms with van der Waals surface area (Å²) in [5.74, 6) is -0.295. The lowest BCUT2D eigenvalue weighted by Crippen LogP contribution is -2.12. The molecule has 0 bridgehead atoms. The predicted molar refractivity (Wildman–Crippen MR) is 74.1 cm³/mol. The largest absolute Gasteiger partial charge is 0.463 e. The highest BCUT2D eigenvalue weighted by Crippen LogP contribution is 2.21. The molecular weight excluding hydrogens is 228 g/mol. The zero-order chi connectivity index (χ0) is 13.5. The van der Waals surface area contributed by atoms with Crippen LogP contribution in [0.4, 0.5) is 11.4 Å². The molecule has 0 aliphatic heterocycles. The quantitative estimate of drug-likeness (QED) is 0.477. The molecule has 98 valence electrons. The van der Waals surface area contributed by atoms with Crippen molar-refractivity contribution in [2.24, 2.45) is 0 Å². The number of rotatable bonds is 5. The average molecular weight is 248 g/mol. The van der Waals surface area contributed by atoms with E-state index >= 15 is 0 Å². The summed E-state index contributed by atoms with van der Waals surface area (Å²) in [6, 6.07) is 7.46. The molecule has 0 fully saturated rings. The lowest BCUT2D eigenvalue weighted by atomic mass is 10.1. The van der Waals surface area contributed by atoms with Crippen molar-refractivity contribution in [2.45, 2.75) is 27.2 Å². The van der Waals surface area contributed by atoms with Gasteiger partial charge in [-0.3, -0.25) is 0 Å². The average Bonchev–Trinajstić information content (AvgIpc) is 2.37.